The summed E-state index contributed by atoms with van der Waals surface area (Å²) in [4.78, 5) is 10.7. The van der Waals surface area contributed by atoms with Gasteiger partial charge in [0.2, 0.25) is 0 Å². The first kappa shape index (κ1) is 16.4. The third-order valence-corrected chi connectivity index (χ3v) is 4.11. The maximum atomic E-state index is 4.86. The summed E-state index contributed by atoms with van der Waals surface area (Å²) in [6, 6.07) is 0. The quantitative estimate of drug-likeness (QED) is 0.867. The molecule has 0 unspecified atom stereocenters. The number of aromatic nitrogens is 1. The van der Waals surface area contributed by atoms with Crippen molar-refractivity contribution in [3.8, 4) is 0 Å². The molecule has 0 aliphatic carbocycles. The molecule has 0 atom stereocenters. The second-order valence-electron chi connectivity index (χ2n) is 6.27. The lowest BCUT2D eigenvalue weighted by Gasteiger charge is -2.19. The normalized spacial score (nSPS) is 12.2. The van der Waals surface area contributed by atoms with E-state index in [0.717, 1.165) is 24.8 Å². The average Bonchev–Trinajstić information content (AvgIpc) is 2.70. The highest BCUT2D eigenvalue weighted by Gasteiger charge is 2.23. The summed E-state index contributed by atoms with van der Waals surface area (Å²) in [7, 11) is 8.31. The summed E-state index contributed by atoms with van der Waals surface area (Å²) in [6.07, 6.45) is 0. The Morgan fingerprint density at radius 3 is 2.26 bits per heavy atom. The third kappa shape index (κ3) is 4.75. The topological polar surface area (TPSA) is 31.4 Å². The van der Waals surface area contributed by atoms with E-state index in [0.29, 0.717) is 0 Å². The van der Waals surface area contributed by atoms with Crippen LogP contribution in [0.4, 0.5) is 5.13 Å². The minimum absolute atomic E-state index is 0.101. The Bertz CT molecular complexity index is 393. The van der Waals surface area contributed by atoms with Gasteiger partial charge in [0.15, 0.2) is 5.13 Å². The van der Waals surface area contributed by atoms with Crippen molar-refractivity contribution in [2.75, 3.05) is 46.2 Å². The van der Waals surface area contributed by atoms with Gasteiger partial charge in [0, 0.05) is 37.0 Å². The van der Waals surface area contributed by atoms with Crippen LogP contribution in [0.3, 0.4) is 0 Å². The van der Waals surface area contributed by atoms with E-state index in [-0.39, 0.29) is 5.41 Å². The van der Waals surface area contributed by atoms with Gasteiger partial charge in [-0.3, -0.25) is 0 Å². The largest absolute Gasteiger partial charge is 0.350 e. The van der Waals surface area contributed by atoms with Gasteiger partial charge in [-0.15, -0.1) is 11.3 Å². The lowest BCUT2D eigenvalue weighted by atomic mass is 9.91. The van der Waals surface area contributed by atoms with E-state index in [9.17, 15) is 0 Å². The number of nitrogens with one attached hydrogen (secondary N) is 1. The lowest BCUT2D eigenvalue weighted by Crippen LogP contribution is -2.28. The van der Waals surface area contributed by atoms with Crippen molar-refractivity contribution in [2.45, 2.75) is 32.7 Å². The van der Waals surface area contributed by atoms with Crippen molar-refractivity contribution in [1.29, 1.82) is 0 Å². The molecule has 0 aliphatic rings. The average molecular weight is 284 g/mol. The van der Waals surface area contributed by atoms with Crippen molar-refractivity contribution < 1.29 is 0 Å². The molecular weight excluding hydrogens is 256 g/mol. The smallest absolute Gasteiger partial charge is 0.185 e. The predicted octanol–water partition coefficient (Wildman–Crippen LogP) is 2.16. The fourth-order valence-corrected chi connectivity index (χ4v) is 3.08. The molecule has 1 heterocycles. The summed E-state index contributed by atoms with van der Waals surface area (Å²) < 4.78 is 0. The van der Waals surface area contributed by atoms with Crippen LogP contribution in [0.1, 0.15) is 31.3 Å². The van der Waals surface area contributed by atoms with Crippen LogP contribution in [-0.4, -0.2) is 51.2 Å². The van der Waals surface area contributed by atoms with Crippen molar-refractivity contribution in [3.63, 3.8) is 0 Å². The zero-order chi connectivity index (χ0) is 14.6. The molecule has 0 aromatic carbocycles. The predicted molar refractivity (Wildman–Crippen MR) is 85.4 cm³/mol. The molecule has 5 heteroatoms. The van der Waals surface area contributed by atoms with E-state index >= 15 is 0 Å². The van der Waals surface area contributed by atoms with E-state index < -0.39 is 0 Å². The Morgan fingerprint density at radius 1 is 1.16 bits per heavy atom. The highest BCUT2D eigenvalue weighted by atomic mass is 32.1. The highest BCUT2D eigenvalue weighted by molar-refractivity contribution is 7.15. The Balaban J connectivity index is 2.91. The fraction of sp³-hybridized carbons (Fsp3) is 0.786. The first-order valence-corrected chi connectivity index (χ1v) is 7.58. The number of rotatable bonds is 6. The summed E-state index contributed by atoms with van der Waals surface area (Å²) in [5.41, 5.74) is 1.32. The van der Waals surface area contributed by atoms with Crippen molar-refractivity contribution in [3.05, 3.63) is 10.6 Å². The molecular formula is C14H28N4S. The van der Waals surface area contributed by atoms with Gasteiger partial charge in [-0.05, 0) is 21.1 Å². The zero-order valence-corrected chi connectivity index (χ0v) is 14.2. The highest BCUT2D eigenvalue weighted by Crippen LogP contribution is 2.33. The van der Waals surface area contributed by atoms with E-state index in [1.807, 2.05) is 7.05 Å². The fourth-order valence-electron chi connectivity index (χ4n) is 1.81. The molecule has 0 saturated heterocycles. The summed E-state index contributed by atoms with van der Waals surface area (Å²) >= 11 is 1.80. The van der Waals surface area contributed by atoms with Crippen molar-refractivity contribution in [1.82, 2.24) is 15.2 Å². The van der Waals surface area contributed by atoms with Crippen molar-refractivity contribution >= 4 is 16.5 Å². The Labute approximate surface area is 121 Å². The maximum absolute atomic E-state index is 4.86. The number of thiazole rings is 1. The number of nitrogens with zero attached hydrogens (tertiary/aromatic N) is 3. The molecule has 0 saturated carbocycles. The summed E-state index contributed by atoms with van der Waals surface area (Å²) in [5, 5.41) is 4.36. The molecule has 4 nitrogen and oxygen atoms in total. The first-order chi connectivity index (χ1) is 8.75. The van der Waals surface area contributed by atoms with Crippen LogP contribution in [-0.2, 0) is 12.0 Å². The van der Waals surface area contributed by atoms with Gasteiger partial charge in [-0.25, -0.2) is 4.98 Å². The molecule has 0 amide bonds. The van der Waals surface area contributed by atoms with E-state index in [4.69, 9.17) is 4.98 Å². The SMILES string of the molecule is CNCc1sc(N(C)CCN(C)C)nc1C(C)(C)C. The molecule has 1 N–H and O–H groups in total. The number of hydrogen-bond donors (Lipinski definition) is 1. The molecule has 19 heavy (non-hydrogen) atoms. The molecule has 110 valence electrons. The van der Waals surface area contributed by atoms with E-state index in [1.165, 1.54) is 10.6 Å². The monoisotopic (exact) mass is 284 g/mol. The lowest BCUT2D eigenvalue weighted by molar-refractivity contribution is 0.416. The Morgan fingerprint density at radius 2 is 1.79 bits per heavy atom. The van der Waals surface area contributed by atoms with Crippen LogP contribution >= 0.6 is 11.3 Å². The van der Waals surface area contributed by atoms with Gasteiger partial charge in [0.05, 0.1) is 5.69 Å². The minimum Gasteiger partial charge on any atom is -0.350 e. The van der Waals surface area contributed by atoms with Crippen LogP contribution < -0.4 is 10.2 Å². The van der Waals surface area contributed by atoms with Gasteiger partial charge >= 0.3 is 0 Å². The van der Waals surface area contributed by atoms with Gasteiger partial charge in [-0.2, -0.15) is 0 Å². The second-order valence-corrected chi connectivity index (χ2v) is 7.34. The number of anilines is 1. The number of likely N-dealkylation sites (N-methyl/N-ethyl adjacent to an activating group) is 2. The molecule has 1 aromatic heterocycles. The maximum Gasteiger partial charge on any atom is 0.185 e. The summed E-state index contributed by atoms with van der Waals surface area (Å²) in [6.45, 7) is 9.62. The molecule has 0 radical (unpaired) electrons. The van der Waals surface area contributed by atoms with Crippen LogP contribution in [0.15, 0.2) is 0 Å². The molecule has 0 fully saturated rings. The molecule has 0 aliphatic heterocycles. The van der Waals surface area contributed by atoms with Gasteiger partial charge in [0.25, 0.3) is 0 Å². The molecule has 1 rings (SSSR count). The first-order valence-electron chi connectivity index (χ1n) is 6.76. The van der Waals surface area contributed by atoms with Gasteiger partial charge < -0.3 is 15.1 Å². The standard InChI is InChI=1S/C14H28N4S/c1-14(2,3)12-11(10-15-4)19-13(16-12)18(7)9-8-17(5)6/h15H,8-10H2,1-7H3. The number of hydrogen-bond acceptors (Lipinski definition) is 5. The Hall–Kier alpha value is -0.650. The van der Waals surface area contributed by atoms with Crippen LogP contribution in [0, 0.1) is 0 Å². The van der Waals surface area contributed by atoms with Gasteiger partial charge in [-0.1, -0.05) is 20.8 Å². The third-order valence-electron chi connectivity index (χ3n) is 2.94. The Kier molecular flexibility index (Phi) is 5.77. The van der Waals surface area contributed by atoms with Gasteiger partial charge in [0.1, 0.15) is 0 Å². The minimum atomic E-state index is 0.101. The zero-order valence-electron chi connectivity index (χ0n) is 13.4. The second kappa shape index (κ2) is 6.68. The molecule has 0 bridgehead atoms. The molecule has 0 spiro atoms. The van der Waals surface area contributed by atoms with Crippen molar-refractivity contribution in [2.24, 2.45) is 0 Å². The van der Waals surface area contributed by atoms with E-state index in [1.54, 1.807) is 11.3 Å². The van der Waals surface area contributed by atoms with Crippen LogP contribution in [0.2, 0.25) is 0 Å². The van der Waals surface area contributed by atoms with Crippen LogP contribution in [0.25, 0.3) is 0 Å². The summed E-state index contributed by atoms with van der Waals surface area (Å²) in [5.74, 6) is 0. The van der Waals surface area contributed by atoms with E-state index in [2.05, 4.69) is 57.0 Å². The molecule has 1 aromatic rings. The van der Waals surface area contributed by atoms with Crippen LogP contribution in [0.5, 0.6) is 0 Å².